The summed E-state index contributed by atoms with van der Waals surface area (Å²) >= 11 is 2.95. The summed E-state index contributed by atoms with van der Waals surface area (Å²) in [5.41, 5.74) is 3.46. The second kappa shape index (κ2) is 9.68. The lowest BCUT2D eigenvalue weighted by atomic mass is 10.1. The van der Waals surface area contributed by atoms with Crippen LogP contribution in [0, 0.1) is 0 Å². The Bertz CT molecular complexity index is 1280. The average molecular weight is 475 g/mol. The van der Waals surface area contributed by atoms with Gasteiger partial charge in [-0.1, -0.05) is 29.6 Å². The Hall–Kier alpha value is -3.30. The molecule has 1 aliphatic rings. The summed E-state index contributed by atoms with van der Waals surface area (Å²) in [4.78, 5) is 19.5. The Kier molecular flexibility index (Phi) is 6.32. The lowest BCUT2D eigenvalue weighted by molar-refractivity contribution is 0.0988. The first-order valence-corrected chi connectivity index (χ1v) is 12.5. The maximum absolute atomic E-state index is 11.7. The van der Waals surface area contributed by atoms with E-state index in [1.54, 1.807) is 24.3 Å². The number of hydrogen-bond donors (Lipinski definition) is 0. The summed E-state index contributed by atoms with van der Waals surface area (Å²) in [5, 5.41) is 18.6. The number of thiophene rings is 1. The fraction of sp³-hybridized carbons (Fsp3) is 0.250. The smallest absolute Gasteiger partial charge is 0.231 e. The number of Topliss-reactive ketones (excluding diaryl/α,β-unsaturated/α-hetero) is 1. The van der Waals surface area contributed by atoms with Crippen molar-refractivity contribution >= 4 is 65.2 Å². The van der Waals surface area contributed by atoms with E-state index >= 15 is 0 Å². The van der Waals surface area contributed by atoms with Crippen LogP contribution in [0.5, 0.6) is 0 Å². The fourth-order valence-corrected chi connectivity index (χ4v) is 5.48. The van der Waals surface area contributed by atoms with Crippen LogP contribution in [0.3, 0.4) is 0 Å². The topological polar surface area (TPSA) is 82.6 Å². The van der Waals surface area contributed by atoms with E-state index in [0.717, 1.165) is 33.3 Å². The van der Waals surface area contributed by atoms with Gasteiger partial charge in [0.15, 0.2) is 5.78 Å². The number of carbonyl (C=O) groups excluding carboxylic acids is 1. The predicted molar refractivity (Wildman–Crippen MR) is 135 cm³/mol. The first-order chi connectivity index (χ1) is 16.2. The zero-order valence-corrected chi connectivity index (χ0v) is 19.8. The van der Waals surface area contributed by atoms with Gasteiger partial charge in [-0.2, -0.15) is 0 Å². The molecule has 7 nitrogen and oxygen atoms in total. The molecule has 0 atom stereocenters. The summed E-state index contributed by atoms with van der Waals surface area (Å²) in [6.07, 6.45) is 3.02. The van der Waals surface area contributed by atoms with Gasteiger partial charge >= 0.3 is 0 Å². The highest BCUT2D eigenvalue weighted by atomic mass is 32.1. The van der Waals surface area contributed by atoms with Gasteiger partial charge in [-0.05, 0) is 67.4 Å². The zero-order valence-electron chi connectivity index (χ0n) is 18.1. The molecule has 0 radical (unpaired) electrons. The number of rotatable bonds is 7. The minimum Gasteiger partial charge on any atom is -0.372 e. The third-order valence-corrected chi connectivity index (χ3v) is 7.34. The van der Waals surface area contributed by atoms with Crippen molar-refractivity contribution in [2.45, 2.75) is 26.2 Å². The number of ketones is 1. The van der Waals surface area contributed by atoms with Crippen molar-refractivity contribution in [2.24, 2.45) is 20.5 Å². The van der Waals surface area contributed by atoms with Gasteiger partial charge in [0.2, 0.25) is 5.13 Å². The van der Waals surface area contributed by atoms with Crippen LogP contribution in [0.2, 0.25) is 0 Å². The van der Waals surface area contributed by atoms with Crippen molar-refractivity contribution in [2.75, 3.05) is 18.0 Å². The van der Waals surface area contributed by atoms with Crippen molar-refractivity contribution in [1.82, 2.24) is 4.98 Å². The third kappa shape index (κ3) is 5.04. The minimum absolute atomic E-state index is 0.120. The monoisotopic (exact) mass is 474 g/mol. The molecule has 3 heterocycles. The molecule has 1 fully saturated rings. The van der Waals surface area contributed by atoms with Gasteiger partial charge in [-0.25, -0.2) is 4.98 Å². The Morgan fingerprint density at radius 2 is 1.58 bits per heavy atom. The van der Waals surface area contributed by atoms with Gasteiger partial charge in [0.25, 0.3) is 0 Å². The number of thiazole rings is 1. The second-order valence-corrected chi connectivity index (χ2v) is 9.70. The van der Waals surface area contributed by atoms with E-state index in [9.17, 15) is 4.79 Å². The van der Waals surface area contributed by atoms with Crippen LogP contribution >= 0.6 is 22.7 Å². The highest BCUT2D eigenvalue weighted by Crippen LogP contribution is 2.39. The van der Waals surface area contributed by atoms with E-state index in [1.807, 2.05) is 25.1 Å². The molecule has 0 spiro atoms. The molecule has 0 bridgehead atoms. The van der Waals surface area contributed by atoms with Crippen LogP contribution in [-0.4, -0.2) is 23.9 Å². The van der Waals surface area contributed by atoms with Crippen molar-refractivity contribution in [3.63, 3.8) is 0 Å². The molecule has 166 valence electrons. The number of aromatic nitrogens is 1. The molecule has 0 amide bonds. The van der Waals surface area contributed by atoms with E-state index in [2.05, 4.69) is 42.5 Å². The number of hydrogen-bond acceptors (Lipinski definition) is 9. The quantitative estimate of drug-likeness (QED) is 0.199. The van der Waals surface area contributed by atoms with Crippen molar-refractivity contribution < 1.29 is 4.79 Å². The SMILES string of the molecule is CCC(=O)c1ccc(N=Nc2cc3sc(N=Nc4ccc(N5CCCC5)cc4)nc3s2)cc1. The molecule has 0 saturated carbocycles. The van der Waals surface area contributed by atoms with Gasteiger partial charge in [0.1, 0.15) is 9.83 Å². The maximum Gasteiger partial charge on any atom is 0.231 e. The van der Waals surface area contributed by atoms with E-state index < -0.39 is 0 Å². The van der Waals surface area contributed by atoms with Gasteiger partial charge in [0.05, 0.1) is 16.1 Å². The fourth-order valence-electron chi connectivity index (χ4n) is 3.63. The molecule has 1 saturated heterocycles. The largest absolute Gasteiger partial charge is 0.372 e. The zero-order chi connectivity index (χ0) is 22.6. The van der Waals surface area contributed by atoms with E-state index in [4.69, 9.17) is 0 Å². The standard InChI is InChI=1S/C24H22N6OS2/c1-2-20(31)16-5-7-17(8-6-16)26-28-22-15-21-23(33-22)25-24(32-21)29-27-18-9-11-19(12-10-18)30-13-3-4-14-30/h5-12,15H,2-4,13-14H2,1H3. The number of anilines is 1. The van der Waals surface area contributed by atoms with Gasteiger partial charge in [-0.15, -0.1) is 20.5 Å². The van der Waals surface area contributed by atoms with E-state index in [1.165, 1.54) is 41.2 Å². The van der Waals surface area contributed by atoms with Gasteiger partial charge in [0, 0.05) is 30.8 Å². The van der Waals surface area contributed by atoms with Crippen molar-refractivity contribution in [3.05, 3.63) is 60.2 Å². The highest BCUT2D eigenvalue weighted by Gasteiger charge is 2.12. The van der Waals surface area contributed by atoms with Gasteiger partial charge < -0.3 is 4.90 Å². The van der Waals surface area contributed by atoms with E-state index in [-0.39, 0.29) is 5.78 Å². The summed E-state index contributed by atoms with van der Waals surface area (Å²) in [6.45, 7) is 4.11. The lowest BCUT2D eigenvalue weighted by Crippen LogP contribution is -2.17. The first kappa shape index (κ1) is 21.5. The van der Waals surface area contributed by atoms with Gasteiger partial charge in [-0.3, -0.25) is 4.79 Å². The molecule has 0 aliphatic carbocycles. The van der Waals surface area contributed by atoms with Crippen LogP contribution in [0.15, 0.2) is 75.1 Å². The molecule has 0 N–H and O–H groups in total. The normalized spacial score (nSPS) is 14.3. The molecular weight excluding hydrogens is 452 g/mol. The van der Waals surface area contributed by atoms with E-state index in [0.29, 0.717) is 22.8 Å². The second-order valence-electron chi connectivity index (χ2n) is 7.68. The average Bonchev–Trinajstić information content (AvgIpc) is 3.59. The number of azo groups is 2. The predicted octanol–water partition coefficient (Wildman–Crippen LogP) is 8.38. The summed E-state index contributed by atoms with van der Waals surface area (Å²) in [7, 11) is 0. The third-order valence-electron chi connectivity index (χ3n) is 5.41. The summed E-state index contributed by atoms with van der Waals surface area (Å²) in [5.74, 6) is 0.120. The van der Waals surface area contributed by atoms with Crippen molar-refractivity contribution in [1.29, 1.82) is 0 Å². The summed E-state index contributed by atoms with van der Waals surface area (Å²) < 4.78 is 1.01. The lowest BCUT2D eigenvalue weighted by Gasteiger charge is -2.17. The molecule has 33 heavy (non-hydrogen) atoms. The van der Waals surface area contributed by atoms with Crippen LogP contribution < -0.4 is 4.90 Å². The Morgan fingerprint density at radius 1 is 0.909 bits per heavy atom. The molecule has 4 aromatic rings. The number of fused-ring (bicyclic) bond motifs is 1. The van der Waals surface area contributed by atoms with Crippen LogP contribution in [0.1, 0.15) is 36.5 Å². The van der Waals surface area contributed by atoms with Crippen LogP contribution in [-0.2, 0) is 0 Å². The first-order valence-electron chi connectivity index (χ1n) is 10.9. The van der Waals surface area contributed by atoms with Crippen LogP contribution in [0.25, 0.3) is 9.53 Å². The van der Waals surface area contributed by atoms with Crippen molar-refractivity contribution in [3.8, 4) is 0 Å². The van der Waals surface area contributed by atoms with Crippen LogP contribution in [0.4, 0.5) is 27.2 Å². The molecule has 1 aliphatic heterocycles. The maximum atomic E-state index is 11.7. The Labute approximate surface area is 199 Å². The minimum atomic E-state index is 0.120. The molecule has 0 unspecified atom stereocenters. The number of nitrogens with zero attached hydrogens (tertiary/aromatic N) is 6. The molecule has 5 rings (SSSR count). The Balaban J connectivity index is 1.23. The molecule has 2 aromatic carbocycles. The molecular formula is C24H22N6OS2. The molecule has 2 aromatic heterocycles. The number of carbonyl (C=O) groups is 1. The highest BCUT2D eigenvalue weighted by molar-refractivity contribution is 7.30. The number of benzene rings is 2. The molecule has 9 heteroatoms. The summed E-state index contributed by atoms with van der Waals surface area (Å²) in [6, 6.07) is 17.3. The Morgan fingerprint density at radius 3 is 2.24 bits per heavy atom.